The standard InChI is InChI=1S/C13H19N7O.2ClH/c1-19(7-10(21)20-5-2-3-14-4-6-20)13-11-12(16-8-15-11)17-9-18-13;;/h8-9,14H,2-7H2,1H3,(H,15,16,17,18);2*1H. The molecule has 1 aliphatic rings. The molecule has 0 atom stereocenters. The van der Waals surface area contributed by atoms with E-state index in [0.29, 0.717) is 18.0 Å². The van der Waals surface area contributed by atoms with Crippen LogP contribution >= 0.6 is 24.8 Å². The maximum Gasteiger partial charge on any atom is 0.242 e. The molecular weight excluding hydrogens is 341 g/mol. The van der Waals surface area contributed by atoms with E-state index in [2.05, 4.69) is 25.3 Å². The molecule has 128 valence electrons. The Balaban J connectivity index is 0.00000132. The zero-order chi connectivity index (χ0) is 14.7. The molecule has 3 rings (SSSR count). The van der Waals surface area contributed by atoms with Gasteiger partial charge in [0.1, 0.15) is 11.8 Å². The lowest BCUT2D eigenvalue weighted by molar-refractivity contribution is -0.129. The summed E-state index contributed by atoms with van der Waals surface area (Å²) >= 11 is 0. The number of carbonyl (C=O) groups excluding carboxylic acids is 1. The van der Waals surface area contributed by atoms with E-state index in [-0.39, 0.29) is 30.7 Å². The second kappa shape index (κ2) is 8.85. The van der Waals surface area contributed by atoms with Crippen LogP contribution in [0.4, 0.5) is 5.82 Å². The SMILES string of the molecule is CN(CC(=O)N1CCCNCC1)c1ncnc2nc[nH]c12.Cl.Cl. The minimum absolute atomic E-state index is 0. The van der Waals surface area contributed by atoms with E-state index in [4.69, 9.17) is 0 Å². The molecule has 0 unspecified atom stereocenters. The predicted molar refractivity (Wildman–Crippen MR) is 93.5 cm³/mol. The first kappa shape index (κ1) is 19.4. The summed E-state index contributed by atoms with van der Waals surface area (Å²) < 4.78 is 0. The van der Waals surface area contributed by atoms with Gasteiger partial charge in [-0.15, -0.1) is 24.8 Å². The van der Waals surface area contributed by atoms with Crippen molar-refractivity contribution in [2.45, 2.75) is 6.42 Å². The Morgan fingerprint density at radius 3 is 2.91 bits per heavy atom. The molecule has 3 heterocycles. The third-order valence-electron chi connectivity index (χ3n) is 3.63. The normalized spacial score (nSPS) is 14.6. The van der Waals surface area contributed by atoms with Crippen LogP contribution in [-0.4, -0.2) is 70.5 Å². The monoisotopic (exact) mass is 361 g/mol. The van der Waals surface area contributed by atoms with Crippen molar-refractivity contribution in [3.8, 4) is 0 Å². The second-order valence-corrected chi connectivity index (χ2v) is 5.14. The average Bonchev–Trinajstić information content (AvgIpc) is 2.80. The van der Waals surface area contributed by atoms with Gasteiger partial charge in [-0.2, -0.15) is 0 Å². The van der Waals surface area contributed by atoms with E-state index in [1.165, 1.54) is 6.33 Å². The molecule has 1 saturated heterocycles. The van der Waals surface area contributed by atoms with Crippen molar-refractivity contribution in [1.29, 1.82) is 0 Å². The van der Waals surface area contributed by atoms with Crippen molar-refractivity contribution >= 4 is 47.7 Å². The summed E-state index contributed by atoms with van der Waals surface area (Å²) in [5.74, 6) is 0.811. The second-order valence-electron chi connectivity index (χ2n) is 5.14. The fraction of sp³-hybridized carbons (Fsp3) is 0.538. The Morgan fingerprint density at radius 2 is 2.09 bits per heavy atom. The van der Waals surface area contributed by atoms with Crippen LogP contribution in [0.2, 0.25) is 0 Å². The minimum Gasteiger partial charge on any atom is -0.348 e. The van der Waals surface area contributed by atoms with Crippen LogP contribution in [0.3, 0.4) is 0 Å². The summed E-state index contributed by atoms with van der Waals surface area (Å²) in [6, 6.07) is 0. The predicted octanol–water partition coefficient (Wildman–Crippen LogP) is 0.455. The van der Waals surface area contributed by atoms with E-state index < -0.39 is 0 Å². The van der Waals surface area contributed by atoms with Gasteiger partial charge < -0.3 is 20.1 Å². The van der Waals surface area contributed by atoms with Gasteiger partial charge in [-0.05, 0) is 13.0 Å². The smallest absolute Gasteiger partial charge is 0.242 e. The number of aromatic nitrogens is 4. The first-order valence-electron chi connectivity index (χ1n) is 7.09. The maximum absolute atomic E-state index is 12.4. The summed E-state index contributed by atoms with van der Waals surface area (Å²) in [5.41, 5.74) is 1.36. The van der Waals surface area contributed by atoms with Crippen LogP contribution in [0.5, 0.6) is 0 Å². The number of hydrogen-bond donors (Lipinski definition) is 2. The largest absolute Gasteiger partial charge is 0.348 e. The number of carbonyl (C=O) groups is 1. The van der Waals surface area contributed by atoms with Crippen molar-refractivity contribution in [2.75, 3.05) is 44.7 Å². The summed E-state index contributed by atoms with van der Waals surface area (Å²) in [6.45, 7) is 3.69. The first-order chi connectivity index (χ1) is 10.3. The van der Waals surface area contributed by atoms with Gasteiger partial charge >= 0.3 is 0 Å². The molecule has 0 spiro atoms. The minimum atomic E-state index is 0. The van der Waals surface area contributed by atoms with Crippen molar-refractivity contribution in [2.24, 2.45) is 0 Å². The van der Waals surface area contributed by atoms with Gasteiger partial charge in [0.25, 0.3) is 0 Å². The summed E-state index contributed by atoms with van der Waals surface area (Å²) in [7, 11) is 1.86. The molecule has 0 aromatic carbocycles. The Labute approximate surface area is 146 Å². The third-order valence-corrected chi connectivity index (χ3v) is 3.63. The Kier molecular flexibility index (Phi) is 7.47. The molecule has 8 nitrogen and oxygen atoms in total. The lowest BCUT2D eigenvalue weighted by Gasteiger charge is -2.24. The van der Waals surface area contributed by atoms with Gasteiger partial charge in [-0.3, -0.25) is 4.79 Å². The highest BCUT2D eigenvalue weighted by Gasteiger charge is 2.19. The summed E-state index contributed by atoms with van der Waals surface area (Å²) in [5, 5.41) is 3.30. The number of hydrogen-bond acceptors (Lipinski definition) is 6. The lowest BCUT2D eigenvalue weighted by Crippen LogP contribution is -2.41. The zero-order valence-corrected chi connectivity index (χ0v) is 14.5. The molecule has 0 saturated carbocycles. The molecule has 0 aliphatic carbocycles. The maximum atomic E-state index is 12.4. The van der Waals surface area contributed by atoms with Crippen LogP contribution in [0, 0.1) is 0 Å². The fourth-order valence-electron chi connectivity index (χ4n) is 2.51. The van der Waals surface area contributed by atoms with Crippen molar-refractivity contribution in [1.82, 2.24) is 30.2 Å². The van der Waals surface area contributed by atoms with Crippen LogP contribution in [0.1, 0.15) is 6.42 Å². The summed E-state index contributed by atoms with van der Waals surface area (Å²) in [4.78, 5) is 31.6. The van der Waals surface area contributed by atoms with Crippen LogP contribution in [0.25, 0.3) is 11.2 Å². The van der Waals surface area contributed by atoms with Gasteiger partial charge in [0, 0.05) is 26.7 Å². The molecule has 23 heavy (non-hydrogen) atoms. The van der Waals surface area contributed by atoms with Crippen molar-refractivity contribution < 1.29 is 4.79 Å². The first-order valence-corrected chi connectivity index (χ1v) is 7.09. The number of imidazole rings is 1. The molecular formula is C13H21Cl2N7O. The highest BCUT2D eigenvalue weighted by molar-refractivity contribution is 5.87. The molecule has 1 aliphatic heterocycles. The van der Waals surface area contributed by atoms with E-state index in [1.807, 2.05) is 16.8 Å². The number of fused-ring (bicyclic) bond motifs is 1. The lowest BCUT2D eigenvalue weighted by atomic mass is 10.3. The Hall–Kier alpha value is -1.64. The van der Waals surface area contributed by atoms with Gasteiger partial charge in [-0.1, -0.05) is 0 Å². The zero-order valence-electron chi connectivity index (χ0n) is 12.9. The number of rotatable bonds is 3. The van der Waals surface area contributed by atoms with Gasteiger partial charge in [0.05, 0.1) is 12.9 Å². The number of H-pyrrole nitrogens is 1. The van der Waals surface area contributed by atoms with E-state index in [1.54, 1.807) is 6.33 Å². The van der Waals surface area contributed by atoms with Crippen LogP contribution < -0.4 is 10.2 Å². The molecule has 2 aromatic heterocycles. The Morgan fingerprint density at radius 1 is 1.26 bits per heavy atom. The van der Waals surface area contributed by atoms with Crippen LogP contribution in [-0.2, 0) is 4.79 Å². The van der Waals surface area contributed by atoms with E-state index in [0.717, 1.165) is 38.1 Å². The molecule has 1 amide bonds. The number of halogens is 2. The number of nitrogens with zero attached hydrogens (tertiary/aromatic N) is 5. The molecule has 0 bridgehead atoms. The summed E-state index contributed by atoms with van der Waals surface area (Å²) in [6.07, 6.45) is 4.04. The Bertz CT molecular complexity index is 628. The highest BCUT2D eigenvalue weighted by atomic mass is 35.5. The topological polar surface area (TPSA) is 90.0 Å². The van der Waals surface area contributed by atoms with Gasteiger partial charge in [-0.25, -0.2) is 15.0 Å². The number of aromatic amines is 1. The molecule has 1 fully saturated rings. The quantitative estimate of drug-likeness (QED) is 0.824. The molecule has 10 heteroatoms. The molecule has 2 aromatic rings. The van der Waals surface area contributed by atoms with Crippen molar-refractivity contribution in [3.63, 3.8) is 0 Å². The van der Waals surface area contributed by atoms with E-state index in [9.17, 15) is 4.79 Å². The fourth-order valence-corrected chi connectivity index (χ4v) is 2.51. The number of anilines is 1. The average molecular weight is 362 g/mol. The molecule has 0 radical (unpaired) electrons. The number of likely N-dealkylation sites (N-methyl/N-ethyl adjacent to an activating group) is 1. The number of amides is 1. The molecule has 2 N–H and O–H groups in total. The van der Waals surface area contributed by atoms with Gasteiger partial charge in [0.15, 0.2) is 11.5 Å². The number of nitrogens with one attached hydrogen (secondary N) is 2. The highest BCUT2D eigenvalue weighted by Crippen LogP contribution is 2.18. The van der Waals surface area contributed by atoms with Gasteiger partial charge in [0.2, 0.25) is 5.91 Å². The van der Waals surface area contributed by atoms with Crippen LogP contribution in [0.15, 0.2) is 12.7 Å². The third kappa shape index (κ3) is 4.43. The van der Waals surface area contributed by atoms with Crippen molar-refractivity contribution in [3.05, 3.63) is 12.7 Å². The van der Waals surface area contributed by atoms with E-state index >= 15 is 0 Å².